The first-order chi connectivity index (χ1) is 9.51. The van der Waals surface area contributed by atoms with Gasteiger partial charge >= 0.3 is 0 Å². The molecule has 1 aromatic rings. The highest BCUT2D eigenvalue weighted by Crippen LogP contribution is 2.30. The third kappa shape index (κ3) is 4.84. The quantitative estimate of drug-likeness (QED) is 0.533. The van der Waals surface area contributed by atoms with Crippen molar-refractivity contribution >= 4 is 15.9 Å². The van der Waals surface area contributed by atoms with Crippen LogP contribution in [0.15, 0.2) is 10.7 Å². The van der Waals surface area contributed by atoms with Crippen molar-refractivity contribution in [3.8, 4) is 0 Å². The molecule has 0 aliphatic heterocycles. The Morgan fingerprint density at radius 2 is 2.20 bits per heavy atom. The fourth-order valence-electron chi connectivity index (χ4n) is 2.36. The molecule has 2 atom stereocenters. The number of hydrogen-bond donors (Lipinski definition) is 2. The van der Waals surface area contributed by atoms with Gasteiger partial charge in [-0.05, 0) is 42.4 Å². The molecule has 0 saturated carbocycles. The van der Waals surface area contributed by atoms with Gasteiger partial charge in [-0.3, -0.25) is 16.0 Å². The molecular weight excluding hydrogens is 318 g/mol. The molecule has 0 spiro atoms. The van der Waals surface area contributed by atoms with Gasteiger partial charge in [0.05, 0.1) is 29.0 Å². The zero-order valence-electron chi connectivity index (χ0n) is 13.1. The van der Waals surface area contributed by atoms with Gasteiger partial charge in [0.2, 0.25) is 0 Å². The van der Waals surface area contributed by atoms with Crippen LogP contribution in [0.1, 0.15) is 44.8 Å². The summed E-state index contributed by atoms with van der Waals surface area (Å²) in [5.41, 5.74) is 4.13. The van der Waals surface area contributed by atoms with Crippen molar-refractivity contribution in [2.75, 3.05) is 20.6 Å². The minimum Gasteiger partial charge on any atom is -0.308 e. The van der Waals surface area contributed by atoms with Gasteiger partial charge in [0, 0.05) is 6.54 Å². The van der Waals surface area contributed by atoms with Crippen LogP contribution in [-0.2, 0) is 6.54 Å². The Balaban J connectivity index is 2.87. The molecule has 0 fully saturated rings. The predicted molar refractivity (Wildman–Crippen MR) is 87.2 cm³/mol. The average molecular weight is 346 g/mol. The van der Waals surface area contributed by atoms with E-state index in [2.05, 4.69) is 64.0 Å². The Labute approximate surface area is 131 Å². The van der Waals surface area contributed by atoms with Gasteiger partial charge < -0.3 is 4.90 Å². The molecule has 0 aliphatic carbocycles. The molecule has 0 bridgehead atoms. The molecule has 0 radical (unpaired) electrons. The van der Waals surface area contributed by atoms with E-state index in [-0.39, 0.29) is 6.04 Å². The number of unbranched alkanes of at least 4 members (excludes halogenated alkanes) is 1. The van der Waals surface area contributed by atoms with Crippen LogP contribution in [0.5, 0.6) is 0 Å². The molecular formula is C14H28BrN5. The van der Waals surface area contributed by atoms with Crippen LogP contribution in [0.25, 0.3) is 0 Å². The lowest BCUT2D eigenvalue weighted by atomic mass is 9.94. The smallest absolute Gasteiger partial charge is 0.0712 e. The number of likely N-dealkylation sites (N-methyl/N-ethyl adjacent to an activating group) is 1. The molecule has 20 heavy (non-hydrogen) atoms. The Kier molecular flexibility index (Phi) is 7.72. The van der Waals surface area contributed by atoms with Crippen molar-refractivity contribution in [1.82, 2.24) is 20.1 Å². The molecule has 0 saturated heterocycles. The van der Waals surface area contributed by atoms with Crippen molar-refractivity contribution in [3.05, 3.63) is 16.4 Å². The number of rotatable bonds is 9. The SMILES string of the molecule is CCCCC(C)C(NN)c1c(Br)cnn1CCN(C)C. The molecule has 6 heteroatoms. The molecule has 1 aromatic heterocycles. The van der Waals surface area contributed by atoms with E-state index in [1.807, 2.05) is 6.20 Å². The van der Waals surface area contributed by atoms with E-state index in [4.69, 9.17) is 5.84 Å². The first-order valence-electron chi connectivity index (χ1n) is 7.33. The monoisotopic (exact) mass is 345 g/mol. The summed E-state index contributed by atoms with van der Waals surface area (Å²) >= 11 is 3.61. The predicted octanol–water partition coefficient (Wildman–Crippen LogP) is 2.54. The zero-order valence-corrected chi connectivity index (χ0v) is 14.7. The second kappa shape index (κ2) is 8.77. The number of halogens is 1. The minimum atomic E-state index is 0.126. The lowest BCUT2D eigenvalue weighted by Crippen LogP contribution is -2.35. The average Bonchev–Trinajstić information content (AvgIpc) is 2.77. The van der Waals surface area contributed by atoms with Gasteiger partial charge in [0.15, 0.2) is 0 Å². The number of nitrogens with two attached hydrogens (primary N) is 1. The summed E-state index contributed by atoms with van der Waals surface area (Å²) in [6, 6.07) is 0.126. The minimum absolute atomic E-state index is 0.126. The van der Waals surface area contributed by atoms with E-state index in [1.165, 1.54) is 12.8 Å². The summed E-state index contributed by atoms with van der Waals surface area (Å²) < 4.78 is 3.08. The Morgan fingerprint density at radius 3 is 2.75 bits per heavy atom. The van der Waals surface area contributed by atoms with Crippen LogP contribution in [0.4, 0.5) is 0 Å². The van der Waals surface area contributed by atoms with Gasteiger partial charge in [-0.15, -0.1) is 0 Å². The van der Waals surface area contributed by atoms with Crippen molar-refractivity contribution in [2.24, 2.45) is 11.8 Å². The van der Waals surface area contributed by atoms with Crippen molar-refractivity contribution < 1.29 is 0 Å². The van der Waals surface area contributed by atoms with Crippen LogP contribution in [-0.4, -0.2) is 35.3 Å². The number of hydrazine groups is 1. The highest BCUT2D eigenvalue weighted by Gasteiger charge is 2.24. The van der Waals surface area contributed by atoms with Crippen molar-refractivity contribution in [3.63, 3.8) is 0 Å². The lowest BCUT2D eigenvalue weighted by Gasteiger charge is -2.25. The van der Waals surface area contributed by atoms with Crippen LogP contribution in [0.2, 0.25) is 0 Å². The first-order valence-corrected chi connectivity index (χ1v) is 8.12. The topological polar surface area (TPSA) is 59.1 Å². The molecule has 0 amide bonds. The maximum absolute atomic E-state index is 5.81. The molecule has 116 valence electrons. The highest BCUT2D eigenvalue weighted by atomic mass is 79.9. The van der Waals surface area contributed by atoms with Gasteiger partial charge in [-0.25, -0.2) is 0 Å². The van der Waals surface area contributed by atoms with Crippen molar-refractivity contribution in [2.45, 2.75) is 45.7 Å². The Bertz CT molecular complexity index is 391. The summed E-state index contributed by atoms with van der Waals surface area (Å²) in [4.78, 5) is 2.16. The van der Waals surface area contributed by atoms with Crippen LogP contribution < -0.4 is 11.3 Å². The summed E-state index contributed by atoms with van der Waals surface area (Å²) in [6.45, 7) is 6.29. The van der Waals surface area contributed by atoms with Crippen molar-refractivity contribution in [1.29, 1.82) is 0 Å². The Hall–Kier alpha value is -0.430. The maximum Gasteiger partial charge on any atom is 0.0712 e. The molecule has 2 unspecified atom stereocenters. The van der Waals surface area contributed by atoms with E-state index in [1.54, 1.807) is 0 Å². The Morgan fingerprint density at radius 1 is 1.50 bits per heavy atom. The second-order valence-electron chi connectivity index (χ2n) is 5.67. The molecule has 1 heterocycles. The number of aromatic nitrogens is 2. The zero-order chi connectivity index (χ0) is 15.1. The summed E-state index contributed by atoms with van der Waals surface area (Å²) in [5.74, 6) is 6.29. The van der Waals surface area contributed by atoms with Gasteiger partial charge in [-0.2, -0.15) is 5.10 Å². The third-order valence-corrected chi connectivity index (χ3v) is 4.26. The van der Waals surface area contributed by atoms with E-state index in [9.17, 15) is 0 Å². The summed E-state index contributed by atoms with van der Waals surface area (Å²) in [5, 5.41) is 4.47. The number of nitrogens with one attached hydrogen (secondary N) is 1. The van der Waals surface area contributed by atoms with Gasteiger partial charge in [-0.1, -0.05) is 26.7 Å². The standard InChI is InChI=1S/C14H28BrN5/c1-5-6-7-11(2)13(18-16)14-12(15)10-17-20(14)9-8-19(3)4/h10-11,13,18H,5-9,16H2,1-4H3. The van der Waals surface area contributed by atoms with Crippen LogP contribution in [0.3, 0.4) is 0 Å². The largest absolute Gasteiger partial charge is 0.308 e. The molecule has 3 N–H and O–H groups in total. The van der Waals surface area contributed by atoms with Crippen LogP contribution in [0, 0.1) is 5.92 Å². The highest BCUT2D eigenvalue weighted by molar-refractivity contribution is 9.10. The van der Waals surface area contributed by atoms with E-state index in [0.717, 1.165) is 29.7 Å². The van der Waals surface area contributed by atoms with E-state index in [0.29, 0.717) is 5.92 Å². The fourth-order valence-corrected chi connectivity index (χ4v) is 2.90. The van der Waals surface area contributed by atoms with E-state index >= 15 is 0 Å². The fraction of sp³-hybridized carbons (Fsp3) is 0.786. The maximum atomic E-state index is 5.81. The third-order valence-electron chi connectivity index (χ3n) is 3.65. The van der Waals surface area contributed by atoms with Gasteiger partial charge in [0.25, 0.3) is 0 Å². The normalized spacial score (nSPS) is 14.8. The summed E-state index contributed by atoms with van der Waals surface area (Å²) in [7, 11) is 4.14. The molecule has 0 aliphatic rings. The summed E-state index contributed by atoms with van der Waals surface area (Å²) in [6.07, 6.45) is 5.46. The molecule has 1 rings (SSSR count). The second-order valence-corrected chi connectivity index (χ2v) is 6.52. The lowest BCUT2D eigenvalue weighted by molar-refractivity contribution is 0.323. The van der Waals surface area contributed by atoms with Crippen LogP contribution >= 0.6 is 15.9 Å². The first kappa shape index (κ1) is 17.6. The van der Waals surface area contributed by atoms with E-state index < -0.39 is 0 Å². The molecule has 0 aromatic carbocycles. The molecule has 5 nitrogen and oxygen atoms in total. The number of nitrogens with zero attached hydrogens (tertiary/aromatic N) is 3. The number of hydrogen-bond acceptors (Lipinski definition) is 4. The van der Waals surface area contributed by atoms with Gasteiger partial charge in [0.1, 0.15) is 0 Å².